The van der Waals surface area contributed by atoms with E-state index in [1.54, 1.807) is 11.6 Å². The zero-order valence-electron chi connectivity index (χ0n) is 13.0. The molecule has 2 aromatic rings. The highest BCUT2D eigenvalue weighted by Crippen LogP contribution is 2.17. The van der Waals surface area contributed by atoms with Gasteiger partial charge in [0.25, 0.3) is 10.0 Å². The Morgan fingerprint density at radius 3 is 2.32 bits per heavy atom. The van der Waals surface area contributed by atoms with Crippen LogP contribution in [0.15, 0.2) is 41.8 Å². The number of nitrogens with zero attached hydrogens (tertiary/aromatic N) is 2. The third-order valence-corrected chi connectivity index (χ3v) is 4.79. The van der Waals surface area contributed by atoms with Gasteiger partial charge in [0, 0.05) is 25.8 Å². The highest BCUT2D eigenvalue weighted by molar-refractivity contribution is 7.89. The molecule has 0 saturated carbocycles. The Morgan fingerprint density at radius 2 is 1.82 bits per heavy atom. The second-order valence-corrected chi connectivity index (χ2v) is 7.37. The molecular formula is C15H22N4O2S. The molecule has 7 heteroatoms. The minimum absolute atomic E-state index is 0.00245. The Bertz CT molecular complexity index is 720. The molecular weight excluding hydrogens is 300 g/mol. The average Bonchev–Trinajstić information content (AvgIpc) is 2.92. The molecule has 0 saturated heterocycles. The van der Waals surface area contributed by atoms with Gasteiger partial charge in [0.1, 0.15) is 0 Å². The molecule has 0 aliphatic carbocycles. The highest BCUT2D eigenvalue weighted by atomic mass is 32.2. The van der Waals surface area contributed by atoms with Crippen LogP contribution in [0.2, 0.25) is 0 Å². The molecule has 2 rings (SSSR count). The zero-order chi connectivity index (χ0) is 16.3. The quantitative estimate of drug-likeness (QED) is 0.844. The van der Waals surface area contributed by atoms with E-state index in [0.717, 1.165) is 5.56 Å². The molecule has 0 bridgehead atoms. The van der Waals surface area contributed by atoms with E-state index in [1.165, 1.54) is 18.1 Å². The van der Waals surface area contributed by atoms with Gasteiger partial charge in [-0.25, -0.2) is 18.1 Å². The van der Waals surface area contributed by atoms with Crippen LogP contribution in [-0.2, 0) is 17.1 Å². The third kappa shape index (κ3) is 3.94. The smallest absolute Gasteiger partial charge is 0.259 e. The van der Waals surface area contributed by atoms with Gasteiger partial charge in [0.15, 0.2) is 5.03 Å². The minimum Gasteiger partial charge on any atom is -0.339 e. The molecule has 0 fully saturated rings. The molecule has 0 aliphatic rings. The number of hydrogen-bond acceptors (Lipinski definition) is 4. The first-order valence-corrected chi connectivity index (χ1v) is 8.61. The molecule has 22 heavy (non-hydrogen) atoms. The summed E-state index contributed by atoms with van der Waals surface area (Å²) in [6, 6.07) is 7.52. The second kappa shape index (κ2) is 6.60. The van der Waals surface area contributed by atoms with E-state index in [1.807, 2.05) is 24.3 Å². The molecule has 0 unspecified atom stereocenters. The summed E-state index contributed by atoms with van der Waals surface area (Å²) in [6.45, 7) is 4.37. The predicted octanol–water partition coefficient (Wildman–Crippen LogP) is 1.52. The van der Waals surface area contributed by atoms with E-state index in [0.29, 0.717) is 5.92 Å². The molecule has 6 nitrogen and oxygen atoms in total. The summed E-state index contributed by atoms with van der Waals surface area (Å²) in [5.41, 5.74) is 8.18. The van der Waals surface area contributed by atoms with Crippen LogP contribution in [0.25, 0.3) is 0 Å². The first kappa shape index (κ1) is 16.7. The van der Waals surface area contributed by atoms with Crippen molar-refractivity contribution >= 4 is 10.0 Å². The van der Waals surface area contributed by atoms with Crippen molar-refractivity contribution in [1.82, 2.24) is 14.3 Å². The van der Waals surface area contributed by atoms with Gasteiger partial charge in [-0.1, -0.05) is 38.1 Å². The molecule has 120 valence electrons. The summed E-state index contributed by atoms with van der Waals surface area (Å²) in [7, 11) is -1.91. The topological polar surface area (TPSA) is 90.0 Å². The summed E-state index contributed by atoms with van der Waals surface area (Å²) < 4.78 is 28.2. The molecule has 1 atom stereocenters. The number of sulfonamides is 1. The lowest BCUT2D eigenvalue weighted by molar-refractivity contribution is 0.569. The number of rotatable bonds is 6. The number of hydrogen-bond donors (Lipinski definition) is 2. The monoisotopic (exact) mass is 322 g/mol. The van der Waals surface area contributed by atoms with Crippen LogP contribution in [0, 0.1) is 0 Å². The first-order valence-electron chi connectivity index (χ1n) is 7.12. The number of imidazole rings is 1. The zero-order valence-corrected chi connectivity index (χ0v) is 13.8. The summed E-state index contributed by atoms with van der Waals surface area (Å²) in [6.07, 6.45) is 2.89. The number of aromatic nitrogens is 2. The SMILES string of the molecule is CC(C)c1ccc([C@H](N)CNS(=O)(=O)c2cn(C)cn2)cc1. The van der Waals surface area contributed by atoms with E-state index in [4.69, 9.17) is 5.73 Å². The van der Waals surface area contributed by atoms with Gasteiger partial charge in [0.2, 0.25) is 0 Å². The molecule has 0 spiro atoms. The molecule has 0 amide bonds. The van der Waals surface area contributed by atoms with Crippen LogP contribution in [0.1, 0.15) is 36.9 Å². The summed E-state index contributed by atoms with van der Waals surface area (Å²) >= 11 is 0. The Kier molecular flexibility index (Phi) is 5.00. The first-order chi connectivity index (χ1) is 10.3. The number of benzene rings is 1. The largest absolute Gasteiger partial charge is 0.339 e. The Labute approximate surface area is 131 Å². The Balaban J connectivity index is 2.01. The van der Waals surface area contributed by atoms with Crippen molar-refractivity contribution in [3.63, 3.8) is 0 Å². The maximum absolute atomic E-state index is 12.1. The van der Waals surface area contributed by atoms with E-state index < -0.39 is 16.1 Å². The van der Waals surface area contributed by atoms with Crippen molar-refractivity contribution in [2.24, 2.45) is 12.8 Å². The van der Waals surface area contributed by atoms with Crippen LogP contribution in [0.3, 0.4) is 0 Å². The molecule has 3 N–H and O–H groups in total. The van der Waals surface area contributed by atoms with Crippen molar-refractivity contribution in [3.8, 4) is 0 Å². The van der Waals surface area contributed by atoms with E-state index in [2.05, 4.69) is 23.6 Å². The Morgan fingerprint density at radius 1 is 1.23 bits per heavy atom. The maximum atomic E-state index is 12.1. The van der Waals surface area contributed by atoms with Crippen molar-refractivity contribution in [2.45, 2.75) is 30.8 Å². The van der Waals surface area contributed by atoms with Gasteiger partial charge < -0.3 is 10.3 Å². The summed E-state index contributed by atoms with van der Waals surface area (Å²) in [5.74, 6) is 0.452. The maximum Gasteiger partial charge on any atom is 0.259 e. The average molecular weight is 322 g/mol. The predicted molar refractivity (Wildman–Crippen MR) is 85.9 cm³/mol. The molecule has 0 aliphatic heterocycles. The van der Waals surface area contributed by atoms with E-state index >= 15 is 0 Å². The fourth-order valence-corrected chi connectivity index (χ4v) is 3.08. The lowest BCUT2D eigenvalue weighted by Gasteiger charge is -2.14. The van der Waals surface area contributed by atoms with Crippen LogP contribution in [-0.4, -0.2) is 24.5 Å². The molecule has 0 radical (unpaired) electrons. The number of nitrogens with one attached hydrogen (secondary N) is 1. The molecule has 1 heterocycles. The number of nitrogens with two attached hydrogens (primary N) is 1. The van der Waals surface area contributed by atoms with Gasteiger partial charge in [-0.2, -0.15) is 0 Å². The van der Waals surface area contributed by atoms with Crippen molar-refractivity contribution in [2.75, 3.05) is 6.54 Å². The second-order valence-electron chi connectivity index (χ2n) is 5.66. The van der Waals surface area contributed by atoms with Crippen LogP contribution < -0.4 is 10.5 Å². The van der Waals surface area contributed by atoms with Gasteiger partial charge in [-0.3, -0.25) is 0 Å². The van der Waals surface area contributed by atoms with Crippen molar-refractivity contribution < 1.29 is 8.42 Å². The third-order valence-electron chi connectivity index (χ3n) is 3.48. The van der Waals surface area contributed by atoms with Crippen molar-refractivity contribution in [1.29, 1.82) is 0 Å². The van der Waals surface area contributed by atoms with Gasteiger partial charge in [-0.05, 0) is 17.0 Å². The van der Waals surface area contributed by atoms with Crippen LogP contribution in [0.5, 0.6) is 0 Å². The standard InChI is InChI=1S/C15H22N4O2S/c1-11(2)12-4-6-13(7-5-12)14(16)8-18-22(20,21)15-9-19(3)10-17-15/h4-7,9-11,14,18H,8,16H2,1-3H3/t14-/m1/s1. The Hall–Kier alpha value is -1.70. The van der Waals surface area contributed by atoms with Gasteiger partial charge >= 0.3 is 0 Å². The van der Waals surface area contributed by atoms with Crippen molar-refractivity contribution in [3.05, 3.63) is 47.9 Å². The molecule has 1 aromatic carbocycles. The van der Waals surface area contributed by atoms with Crippen LogP contribution in [0.4, 0.5) is 0 Å². The van der Waals surface area contributed by atoms with Gasteiger partial charge in [0.05, 0.1) is 6.33 Å². The normalized spacial score (nSPS) is 13.5. The van der Waals surface area contributed by atoms with E-state index in [-0.39, 0.29) is 11.6 Å². The molecule has 1 aromatic heterocycles. The van der Waals surface area contributed by atoms with Gasteiger partial charge in [-0.15, -0.1) is 0 Å². The van der Waals surface area contributed by atoms with Crippen LogP contribution >= 0.6 is 0 Å². The number of aryl methyl sites for hydroxylation is 1. The fourth-order valence-electron chi connectivity index (χ4n) is 2.05. The van der Waals surface area contributed by atoms with E-state index in [9.17, 15) is 8.42 Å². The summed E-state index contributed by atoms with van der Waals surface area (Å²) in [5, 5.41) is -0.00245. The minimum atomic E-state index is -3.63. The summed E-state index contributed by atoms with van der Waals surface area (Å²) in [4.78, 5) is 3.84. The highest BCUT2D eigenvalue weighted by Gasteiger charge is 2.18. The lowest BCUT2D eigenvalue weighted by Crippen LogP contribution is -2.32. The fraction of sp³-hybridized carbons (Fsp3) is 0.400. The lowest BCUT2D eigenvalue weighted by atomic mass is 9.99.